The second kappa shape index (κ2) is 8.37. The van der Waals surface area contributed by atoms with Crippen LogP contribution in [-0.2, 0) is 25.5 Å². The molecule has 1 aromatic heterocycles. The normalized spacial score (nSPS) is 20.1. The minimum atomic E-state index is -0.597. The van der Waals surface area contributed by atoms with Crippen molar-refractivity contribution in [2.24, 2.45) is 0 Å². The van der Waals surface area contributed by atoms with Crippen molar-refractivity contribution in [1.29, 1.82) is 0 Å². The maximum absolute atomic E-state index is 13.4. The first-order valence-electron chi connectivity index (χ1n) is 10.9. The van der Waals surface area contributed by atoms with Gasteiger partial charge in [0, 0.05) is 36.7 Å². The molecule has 3 aromatic rings. The second-order valence-corrected chi connectivity index (χ2v) is 8.35. The Bertz CT molecular complexity index is 1230. The molecular weight excluding hydrogens is 422 g/mol. The number of aromatic nitrogens is 1. The SMILES string of the molecule is COCCN1CC(=O)N2C(c3ccc(C(=O)OC)cc3)c3[nH]c4ccccc4c3C[C@H]2C1=O. The van der Waals surface area contributed by atoms with Gasteiger partial charge in [0.25, 0.3) is 0 Å². The Balaban J connectivity index is 1.63. The van der Waals surface area contributed by atoms with Gasteiger partial charge in [-0.05, 0) is 29.3 Å². The topological polar surface area (TPSA) is 91.9 Å². The Morgan fingerprint density at radius 3 is 2.58 bits per heavy atom. The molecule has 1 unspecified atom stereocenters. The Morgan fingerprint density at radius 1 is 1.09 bits per heavy atom. The van der Waals surface area contributed by atoms with Crippen LogP contribution in [0.5, 0.6) is 0 Å². The van der Waals surface area contributed by atoms with Crippen molar-refractivity contribution < 1.29 is 23.9 Å². The number of nitrogens with one attached hydrogen (secondary N) is 1. The molecule has 0 saturated carbocycles. The van der Waals surface area contributed by atoms with Gasteiger partial charge in [-0.25, -0.2) is 4.79 Å². The summed E-state index contributed by atoms with van der Waals surface area (Å²) in [7, 11) is 2.92. The van der Waals surface area contributed by atoms with Crippen molar-refractivity contribution in [3.63, 3.8) is 0 Å². The lowest BCUT2D eigenvalue weighted by Gasteiger charge is -2.47. The molecule has 2 aliphatic rings. The molecule has 3 heterocycles. The molecule has 2 aliphatic heterocycles. The summed E-state index contributed by atoms with van der Waals surface area (Å²) in [6.45, 7) is 0.776. The predicted octanol–water partition coefficient (Wildman–Crippen LogP) is 2.29. The van der Waals surface area contributed by atoms with E-state index in [0.717, 1.165) is 27.7 Å². The van der Waals surface area contributed by atoms with E-state index in [9.17, 15) is 14.4 Å². The van der Waals surface area contributed by atoms with Gasteiger partial charge in [-0.3, -0.25) is 9.59 Å². The summed E-state index contributed by atoms with van der Waals surface area (Å²) in [6.07, 6.45) is 0.449. The Morgan fingerprint density at radius 2 is 1.85 bits per heavy atom. The number of amides is 2. The first-order valence-corrected chi connectivity index (χ1v) is 10.9. The van der Waals surface area contributed by atoms with Gasteiger partial charge in [0.15, 0.2) is 0 Å². The average molecular weight is 447 g/mol. The van der Waals surface area contributed by atoms with Crippen LogP contribution >= 0.6 is 0 Å². The summed E-state index contributed by atoms with van der Waals surface area (Å²) >= 11 is 0. The second-order valence-electron chi connectivity index (χ2n) is 8.35. The highest BCUT2D eigenvalue weighted by molar-refractivity contribution is 5.97. The minimum Gasteiger partial charge on any atom is -0.465 e. The number of hydrogen-bond acceptors (Lipinski definition) is 5. The molecule has 2 aromatic carbocycles. The van der Waals surface area contributed by atoms with Gasteiger partial charge >= 0.3 is 5.97 Å². The number of H-pyrrole nitrogens is 1. The summed E-state index contributed by atoms with van der Waals surface area (Å²) in [5.41, 5.74) is 4.17. The van der Waals surface area contributed by atoms with Gasteiger partial charge in [-0.15, -0.1) is 0 Å². The van der Waals surface area contributed by atoms with E-state index in [1.54, 1.807) is 29.0 Å². The van der Waals surface area contributed by atoms with E-state index in [4.69, 9.17) is 9.47 Å². The zero-order valence-electron chi connectivity index (χ0n) is 18.5. The number of carbonyl (C=O) groups excluding carboxylic acids is 3. The standard InChI is InChI=1S/C25H25N3O5/c1-32-12-11-27-14-21(29)28-20(24(27)30)13-18-17-5-3-4-6-19(17)26-22(18)23(28)15-7-9-16(10-8-15)25(31)33-2/h3-10,20,23,26H,11-14H2,1-2H3/t20-,23?/m0/s1. The third-order valence-electron chi connectivity index (χ3n) is 6.56. The Labute approximate surface area is 191 Å². The molecule has 33 heavy (non-hydrogen) atoms. The van der Waals surface area contributed by atoms with Crippen LogP contribution in [-0.4, -0.2) is 72.5 Å². The van der Waals surface area contributed by atoms with E-state index in [1.807, 2.05) is 36.4 Å². The molecule has 0 aliphatic carbocycles. The lowest BCUT2D eigenvalue weighted by atomic mass is 9.86. The van der Waals surface area contributed by atoms with E-state index < -0.39 is 18.1 Å². The van der Waals surface area contributed by atoms with Crippen LogP contribution in [0, 0.1) is 0 Å². The van der Waals surface area contributed by atoms with Crippen molar-refractivity contribution in [1.82, 2.24) is 14.8 Å². The van der Waals surface area contributed by atoms with Crippen molar-refractivity contribution in [2.75, 3.05) is 33.9 Å². The number of piperazine rings is 1. The maximum atomic E-state index is 13.4. The van der Waals surface area contributed by atoms with Gasteiger partial charge in [0.2, 0.25) is 11.8 Å². The van der Waals surface area contributed by atoms with Gasteiger partial charge < -0.3 is 24.3 Å². The average Bonchev–Trinajstić information content (AvgIpc) is 3.22. The van der Waals surface area contributed by atoms with Gasteiger partial charge in [0.05, 0.1) is 31.9 Å². The number of fused-ring (bicyclic) bond motifs is 4. The molecule has 1 saturated heterocycles. The molecule has 2 amide bonds. The minimum absolute atomic E-state index is 0.0188. The highest BCUT2D eigenvalue weighted by atomic mass is 16.5. The van der Waals surface area contributed by atoms with Crippen LogP contribution in [0.2, 0.25) is 0 Å². The summed E-state index contributed by atoms with van der Waals surface area (Å²) in [6, 6.07) is 13.9. The van der Waals surface area contributed by atoms with Gasteiger partial charge in [0.1, 0.15) is 6.04 Å². The van der Waals surface area contributed by atoms with Crippen molar-refractivity contribution in [3.8, 4) is 0 Å². The summed E-state index contributed by atoms with van der Waals surface area (Å²) < 4.78 is 9.94. The van der Waals surface area contributed by atoms with Crippen molar-refractivity contribution in [3.05, 3.63) is 70.9 Å². The van der Waals surface area contributed by atoms with Gasteiger partial charge in [-0.2, -0.15) is 0 Å². The van der Waals surface area contributed by atoms with E-state index in [1.165, 1.54) is 7.11 Å². The number of carbonyl (C=O) groups is 3. The molecule has 170 valence electrons. The van der Waals surface area contributed by atoms with Crippen molar-refractivity contribution >= 4 is 28.7 Å². The van der Waals surface area contributed by atoms with E-state index in [2.05, 4.69) is 4.98 Å². The quantitative estimate of drug-likeness (QED) is 0.606. The number of esters is 1. The maximum Gasteiger partial charge on any atom is 0.337 e. The predicted molar refractivity (Wildman–Crippen MR) is 121 cm³/mol. The molecule has 8 heteroatoms. The highest BCUT2D eigenvalue weighted by Gasteiger charge is 2.48. The van der Waals surface area contributed by atoms with E-state index in [-0.39, 0.29) is 18.4 Å². The largest absolute Gasteiger partial charge is 0.465 e. The van der Waals surface area contributed by atoms with E-state index in [0.29, 0.717) is 25.1 Å². The van der Waals surface area contributed by atoms with Gasteiger partial charge in [-0.1, -0.05) is 30.3 Å². The zero-order chi connectivity index (χ0) is 23.1. The Hall–Kier alpha value is -3.65. The molecule has 2 atom stereocenters. The van der Waals surface area contributed by atoms with E-state index >= 15 is 0 Å². The fourth-order valence-corrected chi connectivity index (χ4v) is 4.98. The molecule has 0 bridgehead atoms. The monoisotopic (exact) mass is 447 g/mol. The molecule has 1 N–H and O–H groups in total. The van der Waals surface area contributed by atoms with Crippen LogP contribution in [0.15, 0.2) is 48.5 Å². The smallest absolute Gasteiger partial charge is 0.337 e. The third-order valence-corrected chi connectivity index (χ3v) is 6.56. The number of hydrogen-bond donors (Lipinski definition) is 1. The molecule has 0 radical (unpaired) electrons. The molecule has 5 rings (SSSR count). The number of methoxy groups -OCH3 is 2. The van der Waals surface area contributed by atoms with Crippen LogP contribution in [0.25, 0.3) is 10.9 Å². The number of rotatable bonds is 5. The fourth-order valence-electron chi connectivity index (χ4n) is 4.98. The summed E-state index contributed by atoms with van der Waals surface area (Å²) in [5.74, 6) is -0.604. The lowest BCUT2D eigenvalue weighted by Crippen LogP contribution is -2.63. The first kappa shape index (κ1) is 21.2. The number of ether oxygens (including phenoxy) is 2. The first-order chi connectivity index (χ1) is 16.0. The van der Waals surface area contributed by atoms with Crippen molar-refractivity contribution in [2.45, 2.75) is 18.5 Å². The number of para-hydroxylation sites is 1. The lowest BCUT2D eigenvalue weighted by molar-refractivity contribution is -0.159. The van der Waals surface area contributed by atoms with Crippen LogP contribution in [0.1, 0.15) is 33.2 Å². The molecular formula is C25H25N3O5. The molecule has 8 nitrogen and oxygen atoms in total. The third kappa shape index (κ3) is 3.47. The number of aromatic amines is 1. The van der Waals surface area contributed by atoms with Crippen LogP contribution in [0.3, 0.4) is 0 Å². The number of nitrogens with zero attached hydrogens (tertiary/aromatic N) is 2. The number of benzene rings is 2. The van der Waals surface area contributed by atoms with Crippen LogP contribution < -0.4 is 0 Å². The molecule has 0 spiro atoms. The summed E-state index contributed by atoms with van der Waals surface area (Å²) in [4.78, 5) is 45.5. The highest BCUT2D eigenvalue weighted by Crippen LogP contribution is 2.42. The molecule has 1 fully saturated rings. The Kier molecular flexibility index (Phi) is 5.38. The zero-order valence-corrected chi connectivity index (χ0v) is 18.5. The van der Waals surface area contributed by atoms with Crippen LogP contribution in [0.4, 0.5) is 0 Å². The summed E-state index contributed by atoms with van der Waals surface area (Å²) in [5, 5.41) is 1.05. The fraction of sp³-hybridized carbons (Fsp3) is 0.320.